The fourth-order valence-electron chi connectivity index (χ4n) is 2.49. The van der Waals surface area contributed by atoms with Crippen LogP contribution in [0.4, 0.5) is 5.69 Å². The Labute approximate surface area is 120 Å². The molecule has 0 aliphatic heterocycles. The largest absolute Gasteiger partial charge is 0.381 e. The molecule has 0 bridgehead atoms. The van der Waals surface area contributed by atoms with E-state index in [2.05, 4.69) is 45.5 Å². The third-order valence-electron chi connectivity index (χ3n) is 3.34. The number of nitrogens with one attached hydrogen (secondary N) is 1. The van der Waals surface area contributed by atoms with Gasteiger partial charge in [0.2, 0.25) is 0 Å². The van der Waals surface area contributed by atoms with Crippen molar-refractivity contribution in [2.24, 2.45) is 0 Å². The number of benzene rings is 2. The fourth-order valence-corrected chi connectivity index (χ4v) is 3.02. The Morgan fingerprint density at radius 2 is 1.72 bits per heavy atom. The molecule has 3 heteroatoms. The molecule has 0 saturated heterocycles. The number of anilines is 1. The zero-order valence-electron chi connectivity index (χ0n) is 9.79. The lowest BCUT2D eigenvalue weighted by atomic mass is 10.1. The summed E-state index contributed by atoms with van der Waals surface area (Å²) in [6.45, 7) is 0. The van der Waals surface area contributed by atoms with Crippen LogP contribution >= 0.6 is 27.5 Å². The second-order valence-corrected chi connectivity index (χ2v) is 5.93. The van der Waals surface area contributed by atoms with Crippen LogP contribution in [0.2, 0.25) is 5.02 Å². The highest BCUT2D eigenvalue weighted by molar-refractivity contribution is 9.10. The van der Waals surface area contributed by atoms with Gasteiger partial charge in [0.05, 0.1) is 5.69 Å². The number of fused-ring (bicyclic) bond motifs is 1. The predicted molar refractivity (Wildman–Crippen MR) is 80.4 cm³/mol. The van der Waals surface area contributed by atoms with Gasteiger partial charge in [-0.2, -0.15) is 0 Å². The lowest BCUT2D eigenvalue weighted by Gasteiger charge is -2.15. The van der Waals surface area contributed by atoms with Gasteiger partial charge in [-0.15, -0.1) is 0 Å². The number of hydrogen-bond acceptors (Lipinski definition) is 1. The minimum atomic E-state index is 0.456. The average Bonchev–Trinajstić information content (AvgIpc) is 2.76. The van der Waals surface area contributed by atoms with Crippen LogP contribution in [0.15, 0.2) is 46.9 Å². The third-order valence-corrected chi connectivity index (χ3v) is 4.27. The van der Waals surface area contributed by atoms with Crippen molar-refractivity contribution in [3.63, 3.8) is 0 Å². The van der Waals surface area contributed by atoms with Crippen LogP contribution in [-0.4, -0.2) is 6.04 Å². The lowest BCUT2D eigenvalue weighted by Crippen LogP contribution is -2.19. The third kappa shape index (κ3) is 2.40. The van der Waals surface area contributed by atoms with E-state index in [9.17, 15) is 0 Å². The van der Waals surface area contributed by atoms with Gasteiger partial charge in [-0.05, 0) is 58.1 Å². The molecular weight excluding hydrogens is 310 g/mol. The molecule has 1 aliphatic carbocycles. The summed E-state index contributed by atoms with van der Waals surface area (Å²) in [6.07, 6.45) is 2.16. The highest BCUT2D eigenvalue weighted by Crippen LogP contribution is 2.30. The summed E-state index contributed by atoms with van der Waals surface area (Å²) in [4.78, 5) is 0. The van der Waals surface area contributed by atoms with Gasteiger partial charge in [0.25, 0.3) is 0 Å². The zero-order valence-corrected chi connectivity index (χ0v) is 12.1. The molecule has 0 atom stereocenters. The second kappa shape index (κ2) is 4.94. The maximum Gasteiger partial charge on any atom is 0.0501 e. The van der Waals surface area contributed by atoms with Crippen LogP contribution in [0.3, 0.4) is 0 Å². The first-order valence-electron chi connectivity index (χ1n) is 6.01. The van der Waals surface area contributed by atoms with Crippen LogP contribution in [0.5, 0.6) is 0 Å². The molecule has 92 valence electrons. The number of hydrogen-bond donors (Lipinski definition) is 1. The van der Waals surface area contributed by atoms with Crippen molar-refractivity contribution in [2.75, 3.05) is 5.32 Å². The van der Waals surface area contributed by atoms with E-state index in [4.69, 9.17) is 11.6 Å². The zero-order chi connectivity index (χ0) is 12.5. The number of rotatable bonds is 2. The summed E-state index contributed by atoms with van der Waals surface area (Å²) < 4.78 is 1.06. The molecule has 2 aromatic rings. The van der Waals surface area contributed by atoms with Gasteiger partial charge >= 0.3 is 0 Å². The first-order chi connectivity index (χ1) is 8.72. The molecule has 0 amide bonds. The SMILES string of the molecule is Clc1ccc(Br)c(NC2Cc3ccccc3C2)c1. The highest BCUT2D eigenvalue weighted by Gasteiger charge is 2.21. The molecule has 0 radical (unpaired) electrons. The van der Waals surface area contributed by atoms with Crippen LogP contribution in [0.1, 0.15) is 11.1 Å². The monoisotopic (exact) mass is 321 g/mol. The van der Waals surface area contributed by atoms with Crippen molar-refractivity contribution in [2.45, 2.75) is 18.9 Å². The van der Waals surface area contributed by atoms with Gasteiger partial charge in [0.1, 0.15) is 0 Å². The van der Waals surface area contributed by atoms with Gasteiger partial charge in [0.15, 0.2) is 0 Å². The smallest absolute Gasteiger partial charge is 0.0501 e. The van der Waals surface area contributed by atoms with Crippen molar-refractivity contribution in [3.8, 4) is 0 Å². The maximum absolute atomic E-state index is 6.03. The minimum absolute atomic E-state index is 0.456. The average molecular weight is 323 g/mol. The standard InChI is InChI=1S/C15H13BrClN/c16-14-6-5-12(17)9-15(14)18-13-7-10-3-1-2-4-11(10)8-13/h1-6,9,13,18H,7-8H2. The Morgan fingerprint density at radius 3 is 2.39 bits per heavy atom. The summed E-state index contributed by atoms with van der Waals surface area (Å²) >= 11 is 9.58. The normalized spacial score (nSPS) is 14.6. The maximum atomic E-state index is 6.03. The Morgan fingerprint density at radius 1 is 1.06 bits per heavy atom. The van der Waals surface area contributed by atoms with E-state index in [1.165, 1.54) is 11.1 Å². The molecule has 1 nitrogen and oxygen atoms in total. The second-order valence-electron chi connectivity index (χ2n) is 4.64. The molecule has 0 saturated carbocycles. The van der Waals surface area contributed by atoms with E-state index < -0.39 is 0 Å². The van der Waals surface area contributed by atoms with Crippen molar-refractivity contribution in [3.05, 3.63) is 63.1 Å². The van der Waals surface area contributed by atoms with E-state index in [1.807, 2.05) is 18.2 Å². The summed E-state index contributed by atoms with van der Waals surface area (Å²) in [5, 5.41) is 4.33. The molecule has 0 heterocycles. The molecule has 1 aliphatic rings. The van der Waals surface area contributed by atoms with Crippen LogP contribution in [0, 0.1) is 0 Å². The van der Waals surface area contributed by atoms with Crippen molar-refractivity contribution in [1.82, 2.24) is 0 Å². The van der Waals surface area contributed by atoms with Crippen molar-refractivity contribution < 1.29 is 0 Å². The van der Waals surface area contributed by atoms with Crippen molar-refractivity contribution in [1.29, 1.82) is 0 Å². The molecule has 0 fully saturated rings. The summed E-state index contributed by atoms with van der Waals surface area (Å²) in [6, 6.07) is 14.9. The topological polar surface area (TPSA) is 12.0 Å². The predicted octanol–water partition coefficient (Wildman–Crippen LogP) is 4.68. The summed E-state index contributed by atoms with van der Waals surface area (Å²) in [7, 11) is 0. The first kappa shape index (κ1) is 12.1. The van der Waals surface area contributed by atoms with Crippen LogP contribution < -0.4 is 5.32 Å². The van der Waals surface area contributed by atoms with E-state index in [1.54, 1.807) is 0 Å². The van der Waals surface area contributed by atoms with E-state index >= 15 is 0 Å². The van der Waals surface area contributed by atoms with Gasteiger partial charge in [0, 0.05) is 15.5 Å². The van der Waals surface area contributed by atoms with Crippen molar-refractivity contribution >= 4 is 33.2 Å². The molecule has 18 heavy (non-hydrogen) atoms. The molecule has 0 aromatic heterocycles. The van der Waals surface area contributed by atoms with Gasteiger partial charge in [-0.25, -0.2) is 0 Å². The molecule has 0 unspecified atom stereocenters. The number of halogens is 2. The highest BCUT2D eigenvalue weighted by atomic mass is 79.9. The summed E-state index contributed by atoms with van der Waals surface area (Å²) in [5.41, 5.74) is 3.97. The molecular formula is C15H13BrClN. The lowest BCUT2D eigenvalue weighted by molar-refractivity contribution is 0.774. The van der Waals surface area contributed by atoms with E-state index in [0.29, 0.717) is 6.04 Å². The Hall–Kier alpha value is -0.990. The molecule has 0 spiro atoms. The minimum Gasteiger partial charge on any atom is -0.381 e. The summed E-state index contributed by atoms with van der Waals surface area (Å²) in [5.74, 6) is 0. The molecule has 2 aromatic carbocycles. The van der Waals surface area contributed by atoms with Crippen LogP contribution in [-0.2, 0) is 12.8 Å². The van der Waals surface area contributed by atoms with Gasteiger partial charge in [-0.1, -0.05) is 35.9 Å². The Kier molecular flexibility index (Phi) is 3.31. The first-order valence-corrected chi connectivity index (χ1v) is 7.18. The van der Waals surface area contributed by atoms with E-state index in [0.717, 1.165) is 28.0 Å². The van der Waals surface area contributed by atoms with Gasteiger partial charge < -0.3 is 5.32 Å². The molecule has 1 N–H and O–H groups in total. The van der Waals surface area contributed by atoms with E-state index in [-0.39, 0.29) is 0 Å². The Balaban J connectivity index is 1.78. The van der Waals surface area contributed by atoms with Crippen LogP contribution in [0.25, 0.3) is 0 Å². The molecule has 3 rings (SSSR count). The quantitative estimate of drug-likeness (QED) is 0.846. The van der Waals surface area contributed by atoms with Gasteiger partial charge in [-0.3, -0.25) is 0 Å². The fraction of sp³-hybridized carbons (Fsp3) is 0.200. The Bertz CT molecular complexity index is 557.